The molecule has 4 heteroatoms. The molecular formula is C14H20N4. The summed E-state index contributed by atoms with van der Waals surface area (Å²) >= 11 is 0. The van der Waals surface area contributed by atoms with Crippen LogP contribution >= 0.6 is 0 Å². The molecule has 1 unspecified atom stereocenters. The zero-order chi connectivity index (χ0) is 13.0. The van der Waals surface area contributed by atoms with Crippen molar-refractivity contribution in [3.8, 4) is 6.07 Å². The fraction of sp³-hybridized carbons (Fsp3) is 0.500. The Hall–Kier alpha value is -1.57. The molecule has 1 saturated heterocycles. The highest BCUT2D eigenvalue weighted by molar-refractivity contribution is 5.58. The summed E-state index contributed by atoms with van der Waals surface area (Å²) in [5.41, 5.74) is 1.75. The monoisotopic (exact) mass is 244 g/mol. The molecule has 4 nitrogen and oxygen atoms in total. The van der Waals surface area contributed by atoms with Crippen molar-refractivity contribution >= 4 is 5.69 Å². The van der Waals surface area contributed by atoms with Gasteiger partial charge in [0.1, 0.15) is 6.07 Å². The van der Waals surface area contributed by atoms with Gasteiger partial charge in [-0.15, -0.1) is 0 Å². The highest BCUT2D eigenvalue weighted by Gasteiger charge is 2.18. The first-order valence-electron chi connectivity index (χ1n) is 6.33. The second-order valence-corrected chi connectivity index (χ2v) is 4.92. The van der Waals surface area contributed by atoms with Gasteiger partial charge in [-0.05, 0) is 19.2 Å². The molecule has 0 spiro atoms. The molecule has 0 bridgehead atoms. The van der Waals surface area contributed by atoms with Crippen LogP contribution in [0.15, 0.2) is 24.3 Å². The van der Waals surface area contributed by atoms with Crippen LogP contribution in [0.4, 0.5) is 5.69 Å². The average molecular weight is 244 g/mol. The number of nitrogens with zero attached hydrogens (tertiary/aromatic N) is 3. The van der Waals surface area contributed by atoms with Crippen molar-refractivity contribution in [1.82, 2.24) is 10.2 Å². The predicted molar refractivity (Wildman–Crippen MR) is 73.7 cm³/mol. The zero-order valence-electron chi connectivity index (χ0n) is 11.1. The molecule has 96 valence electrons. The molecule has 1 aromatic rings. The van der Waals surface area contributed by atoms with Crippen LogP contribution in [0.3, 0.4) is 0 Å². The third kappa shape index (κ3) is 3.00. The average Bonchev–Trinajstić information content (AvgIpc) is 2.38. The summed E-state index contributed by atoms with van der Waals surface area (Å²) in [7, 11) is 4.20. The van der Waals surface area contributed by atoms with Crippen LogP contribution in [0.5, 0.6) is 0 Å². The number of likely N-dealkylation sites (N-methyl/N-ethyl adjacent to an activating group) is 2. The lowest BCUT2D eigenvalue weighted by atomic mass is 10.1. The summed E-state index contributed by atoms with van der Waals surface area (Å²) in [6, 6.07) is 10.5. The van der Waals surface area contributed by atoms with E-state index in [1.54, 1.807) is 0 Å². The summed E-state index contributed by atoms with van der Waals surface area (Å²) in [5, 5.41) is 12.6. The normalized spacial score (nSPS) is 20.4. The van der Waals surface area contributed by atoms with Gasteiger partial charge in [0.15, 0.2) is 0 Å². The standard InChI is InChI=1S/C14H20N4/c1-17-8-7-16-13(10-17)11-18(2)14-6-4-3-5-12(14)9-15/h3-6,13,16H,7-8,10-11H2,1-2H3. The number of piperazine rings is 1. The Kier molecular flexibility index (Phi) is 4.19. The molecule has 0 aromatic heterocycles. The highest BCUT2D eigenvalue weighted by Crippen LogP contribution is 2.18. The molecular weight excluding hydrogens is 224 g/mol. The summed E-state index contributed by atoms with van der Waals surface area (Å²) in [6.07, 6.45) is 0. The summed E-state index contributed by atoms with van der Waals surface area (Å²) < 4.78 is 0. The predicted octanol–water partition coefficient (Wildman–Crippen LogP) is 0.898. The molecule has 18 heavy (non-hydrogen) atoms. The van der Waals surface area contributed by atoms with Gasteiger partial charge in [0.2, 0.25) is 0 Å². The number of para-hydroxylation sites is 1. The first kappa shape index (κ1) is 12.9. The number of nitrogens with one attached hydrogen (secondary N) is 1. The van der Waals surface area contributed by atoms with Crippen molar-refractivity contribution in [3.63, 3.8) is 0 Å². The van der Waals surface area contributed by atoms with E-state index in [2.05, 4.69) is 28.2 Å². The summed E-state index contributed by atoms with van der Waals surface area (Å²) in [5.74, 6) is 0. The van der Waals surface area contributed by atoms with E-state index in [0.29, 0.717) is 6.04 Å². The van der Waals surface area contributed by atoms with Gasteiger partial charge >= 0.3 is 0 Å². The molecule has 0 aliphatic carbocycles. The van der Waals surface area contributed by atoms with E-state index >= 15 is 0 Å². The van der Waals surface area contributed by atoms with Crippen molar-refractivity contribution in [2.45, 2.75) is 6.04 Å². The van der Waals surface area contributed by atoms with Crippen molar-refractivity contribution in [2.24, 2.45) is 0 Å². The van der Waals surface area contributed by atoms with Gasteiger partial charge in [-0.2, -0.15) is 5.26 Å². The Balaban J connectivity index is 2.03. The lowest BCUT2D eigenvalue weighted by Crippen LogP contribution is -2.53. The number of benzene rings is 1. The fourth-order valence-electron chi connectivity index (χ4n) is 2.44. The van der Waals surface area contributed by atoms with Crippen molar-refractivity contribution in [3.05, 3.63) is 29.8 Å². The topological polar surface area (TPSA) is 42.3 Å². The highest BCUT2D eigenvalue weighted by atomic mass is 15.2. The lowest BCUT2D eigenvalue weighted by molar-refractivity contribution is 0.241. The van der Waals surface area contributed by atoms with Gasteiger partial charge in [-0.25, -0.2) is 0 Å². The van der Waals surface area contributed by atoms with E-state index < -0.39 is 0 Å². The minimum atomic E-state index is 0.459. The third-order valence-electron chi connectivity index (χ3n) is 3.39. The van der Waals surface area contributed by atoms with Gasteiger partial charge in [0.25, 0.3) is 0 Å². The minimum Gasteiger partial charge on any atom is -0.372 e. The first-order chi connectivity index (χ1) is 8.70. The van der Waals surface area contributed by atoms with Crippen LogP contribution in [0.25, 0.3) is 0 Å². The molecule has 1 atom stereocenters. The van der Waals surface area contributed by atoms with Crippen molar-refractivity contribution in [2.75, 3.05) is 45.2 Å². The van der Waals surface area contributed by atoms with Gasteiger partial charge in [0, 0.05) is 39.3 Å². The molecule has 0 amide bonds. The molecule has 1 heterocycles. The number of hydrogen-bond donors (Lipinski definition) is 1. The Morgan fingerprint density at radius 3 is 3.00 bits per heavy atom. The minimum absolute atomic E-state index is 0.459. The number of nitriles is 1. The second-order valence-electron chi connectivity index (χ2n) is 4.92. The van der Waals surface area contributed by atoms with Crippen LogP contribution < -0.4 is 10.2 Å². The number of rotatable bonds is 3. The molecule has 1 aromatic carbocycles. The third-order valence-corrected chi connectivity index (χ3v) is 3.39. The van der Waals surface area contributed by atoms with Crippen molar-refractivity contribution < 1.29 is 0 Å². The van der Waals surface area contributed by atoms with Gasteiger partial charge in [0.05, 0.1) is 11.3 Å². The second kappa shape index (κ2) is 5.85. The van der Waals surface area contributed by atoms with E-state index in [9.17, 15) is 0 Å². The van der Waals surface area contributed by atoms with Gasteiger partial charge < -0.3 is 15.1 Å². The molecule has 1 aliphatic heterocycles. The first-order valence-corrected chi connectivity index (χ1v) is 6.33. The molecule has 0 saturated carbocycles. The molecule has 0 radical (unpaired) electrons. The number of anilines is 1. The Morgan fingerprint density at radius 1 is 1.50 bits per heavy atom. The maximum absolute atomic E-state index is 9.11. The molecule has 1 N–H and O–H groups in total. The van der Waals surface area contributed by atoms with Crippen LogP contribution in [-0.4, -0.2) is 51.2 Å². The molecule has 1 fully saturated rings. The van der Waals surface area contributed by atoms with Crippen molar-refractivity contribution in [1.29, 1.82) is 5.26 Å². The van der Waals surface area contributed by atoms with E-state index in [-0.39, 0.29) is 0 Å². The number of hydrogen-bond acceptors (Lipinski definition) is 4. The van der Waals surface area contributed by atoms with E-state index in [4.69, 9.17) is 5.26 Å². The van der Waals surface area contributed by atoms with Crippen LogP contribution in [0.2, 0.25) is 0 Å². The lowest BCUT2D eigenvalue weighted by Gasteiger charge is -2.34. The Labute approximate surface area is 109 Å². The van der Waals surface area contributed by atoms with E-state index in [1.807, 2.05) is 31.3 Å². The quantitative estimate of drug-likeness (QED) is 0.858. The summed E-state index contributed by atoms with van der Waals surface area (Å²) in [4.78, 5) is 4.50. The van der Waals surface area contributed by atoms with E-state index in [1.165, 1.54) is 0 Å². The smallest absolute Gasteiger partial charge is 0.101 e. The maximum Gasteiger partial charge on any atom is 0.101 e. The van der Waals surface area contributed by atoms with Crippen LogP contribution in [-0.2, 0) is 0 Å². The molecule has 2 rings (SSSR count). The Morgan fingerprint density at radius 2 is 2.28 bits per heavy atom. The summed E-state index contributed by atoms with van der Waals surface area (Å²) in [6.45, 7) is 4.12. The van der Waals surface area contributed by atoms with Gasteiger partial charge in [-0.3, -0.25) is 0 Å². The SMILES string of the molecule is CN1CCNC(CN(C)c2ccccc2C#N)C1. The largest absolute Gasteiger partial charge is 0.372 e. The fourth-order valence-corrected chi connectivity index (χ4v) is 2.44. The maximum atomic E-state index is 9.11. The Bertz CT molecular complexity index is 438. The zero-order valence-corrected chi connectivity index (χ0v) is 11.1. The van der Waals surface area contributed by atoms with Crippen LogP contribution in [0, 0.1) is 11.3 Å². The molecule has 1 aliphatic rings. The van der Waals surface area contributed by atoms with Crippen LogP contribution in [0.1, 0.15) is 5.56 Å². The van der Waals surface area contributed by atoms with Gasteiger partial charge in [-0.1, -0.05) is 12.1 Å². The van der Waals surface area contributed by atoms with E-state index in [0.717, 1.165) is 37.4 Å².